The summed E-state index contributed by atoms with van der Waals surface area (Å²) < 4.78 is 0. The molecule has 0 aliphatic heterocycles. The molecule has 18 heavy (non-hydrogen) atoms. The number of aryl methyl sites for hydroxylation is 1. The van der Waals surface area contributed by atoms with Crippen molar-refractivity contribution in [3.8, 4) is 0 Å². The quantitative estimate of drug-likeness (QED) is 0.645. The lowest BCUT2D eigenvalue weighted by molar-refractivity contribution is 0.266. The highest BCUT2D eigenvalue weighted by Crippen LogP contribution is 2.16. The summed E-state index contributed by atoms with van der Waals surface area (Å²) in [6.45, 7) is 4.54. The smallest absolute Gasteiger partial charge is 0.0632 e. The zero-order valence-electron chi connectivity index (χ0n) is 11.8. The highest BCUT2D eigenvalue weighted by atomic mass is 16.3. The van der Waals surface area contributed by atoms with E-state index in [-0.39, 0.29) is 12.6 Å². The van der Waals surface area contributed by atoms with Gasteiger partial charge in [0.25, 0.3) is 0 Å². The van der Waals surface area contributed by atoms with Gasteiger partial charge < -0.3 is 10.4 Å². The Morgan fingerprint density at radius 1 is 1.11 bits per heavy atom. The molecule has 0 amide bonds. The lowest BCUT2D eigenvalue weighted by Gasteiger charge is -2.19. The maximum atomic E-state index is 9.42. The molecule has 0 aromatic heterocycles. The van der Waals surface area contributed by atoms with Crippen LogP contribution in [0.2, 0.25) is 0 Å². The van der Waals surface area contributed by atoms with Crippen LogP contribution in [0.15, 0.2) is 24.3 Å². The molecule has 102 valence electrons. The number of para-hydroxylation sites is 1. The van der Waals surface area contributed by atoms with Crippen LogP contribution in [0.1, 0.15) is 51.0 Å². The fourth-order valence-corrected chi connectivity index (χ4v) is 2.16. The second-order valence-corrected chi connectivity index (χ2v) is 5.04. The third-order valence-electron chi connectivity index (χ3n) is 3.38. The van der Waals surface area contributed by atoms with Crippen LogP contribution >= 0.6 is 0 Å². The van der Waals surface area contributed by atoms with Crippen LogP contribution in [0, 0.1) is 6.92 Å². The Kier molecular flexibility index (Phi) is 7.51. The number of hydrogen-bond acceptors (Lipinski definition) is 2. The van der Waals surface area contributed by atoms with E-state index in [1.165, 1.54) is 37.7 Å². The van der Waals surface area contributed by atoms with Crippen molar-refractivity contribution in [2.24, 2.45) is 0 Å². The van der Waals surface area contributed by atoms with Gasteiger partial charge in [-0.1, -0.05) is 57.2 Å². The maximum absolute atomic E-state index is 9.42. The molecule has 1 rings (SSSR count). The minimum Gasteiger partial charge on any atom is -0.394 e. The van der Waals surface area contributed by atoms with E-state index in [1.54, 1.807) is 0 Å². The minimum absolute atomic E-state index is 0.188. The van der Waals surface area contributed by atoms with E-state index in [2.05, 4.69) is 31.3 Å². The Balaban J connectivity index is 2.31. The molecule has 1 aromatic rings. The van der Waals surface area contributed by atoms with Gasteiger partial charge in [0.1, 0.15) is 0 Å². The number of benzene rings is 1. The summed E-state index contributed by atoms with van der Waals surface area (Å²) in [7, 11) is 0. The number of nitrogens with one attached hydrogen (secondary N) is 1. The molecule has 1 aromatic carbocycles. The largest absolute Gasteiger partial charge is 0.394 e. The van der Waals surface area contributed by atoms with E-state index in [4.69, 9.17) is 0 Å². The standard InChI is InChI=1S/C16H27NO/c1-3-4-5-6-7-11-15(13-18)17-16-12-9-8-10-14(16)2/h8-10,12,15,17-18H,3-7,11,13H2,1-2H3. The zero-order valence-corrected chi connectivity index (χ0v) is 11.8. The Morgan fingerprint density at radius 2 is 1.83 bits per heavy atom. The Labute approximate surface area is 111 Å². The average molecular weight is 249 g/mol. The van der Waals surface area contributed by atoms with Crippen molar-refractivity contribution in [1.82, 2.24) is 0 Å². The first-order valence-electron chi connectivity index (χ1n) is 7.21. The summed E-state index contributed by atoms with van der Waals surface area (Å²) in [4.78, 5) is 0. The molecule has 2 N–H and O–H groups in total. The molecule has 0 saturated heterocycles. The molecule has 1 atom stereocenters. The average Bonchev–Trinajstić information content (AvgIpc) is 2.39. The van der Waals surface area contributed by atoms with Crippen molar-refractivity contribution < 1.29 is 5.11 Å². The summed E-state index contributed by atoms with van der Waals surface area (Å²) in [6, 6.07) is 8.44. The summed E-state index contributed by atoms with van der Waals surface area (Å²) >= 11 is 0. The molecule has 0 heterocycles. The van der Waals surface area contributed by atoms with Gasteiger partial charge >= 0.3 is 0 Å². The van der Waals surface area contributed by atoms with E-state index in [0.717, 1.165) is 12.1 Å². The van der Waals surface area contributed by atoms with Crippen LogP contribution in [0.25, 0.3) is 0 Å². The van der Waals surface area contributed by atoms with Crippen LogP contribution in [-0.4, -0.2) is 17.8 Å². The van der Waals surface area contributed by atoms with Crippen LogP contribution in [-0.2, 0) is 0 Å². The van der Waals surface area contributed by atoms with Gasteiger partial charge in [-0.25, -0.2) is 0 Å². The van der Waals surface area contributed by atoms with Gasteiger partial charge in [0.05, 0.1) is 6.61 Å². The molecule has 0 bridgehead atoms. The molecule has 2 heteroatoms. The molecule has 0 saturated carbocycles. The van der Waals surface area contributed by atoms with Gasteiger partial charge in [-0.05, 0) is 25.0 Å². The summed E-state index contributed by atoms with van der Waals surface area (Å²) in [5.41, 5.74) is 2.38. The molecule has 0 aliphatic rings. The van der Waals surface area contributed by atoms with Gasteiger partial charge in [0.15, 0.2) is 0 Å². The number of aliphatic hydroxyl groups excluding tert-OH is 1. The molecule has 0 radical (unpaired) electrons. The van der Waals surface area contributed by atoms with Crippen molar-refractivity contribution in [3.05, 3.63) is 29.8 Å². The maximum Gasteiger partial charge on any atom is 0.0632 e. The lowest BCUT2D eigenvalue weighted by Crippen LogP contribution is -2.24. The first kappa shape index (κ1) is 15.0. The summed E-state index contributed by atoms with van der Waals surface area (Å²) in [6.07, 6.45) is 7.46. The van der Waals surface area contributed by atoms with Crippen LogP contribution in [0.5, 0.6) is 0 Å². The first-order chi connectivity index (χ1) is 8.77. The summed E-state index contributed by atoms with van der Waals surface area (Å²) in [5.74, 6) is 0. The second-order valence-electron chi connectivity index (χ2n) is 5.04. The Morgan fingerprint density at radius 3 is 2.50 bits per heavy atom. The number of aliphatic hydroxyl groups is 1. The van der Waals surface area contributed by atoms with Crippen LogP contribution < -0.4 is 5.32 Å². The van der Waals surface area contributed by atoms with Crippen molar-refractivity contribution in [1.29, 1.82) is 0 Å². The SMILES string of the molecule is CCCCCCCC(CO)Nc1ccccc1C. The topological polar surface area (TPSA) is 32.3 Å². The van der Waals surface area contributed by atoms with E-state index in [1.807, 2.05) is 12.1 Å². The lowest BCUT2D eigenvalue weighted by atomic mass is 10.1. The summed E-state index contributed by atoms with van der Waals surface area (Å²) in [5, 5.41) is 12.9. The number of anilines is 1. The van der Waals surface area contributed by atoms with E-state index in [0.29, 0.717) is 0 Å². The molecular weight excluding hydrogens is 222 g/mol. The van der Waals surface area contributed by atoms with E-state index in [9.17, 15) is 5.11 Å². The Bertz CT molecular complexity index is 325. The van der Waals surface area contributed by atoms with Gasteiger partial charge in [0, 0.05) is 11.7 Å². The predicted molar refractivity (Wildman–Crippen MR) is 79.1 cm³/mol. The molecular formula is C16H27NO. The van der Waals surface area contributed by atoms with Crippen LogP contribution in [0.3, 0.4) is 0 Å². The predicted octanol–water partition coefficient (Wildman–Crippen LogP) is 4.13. The van der Waals surface area contributed by atoms with Gasteiger partial charge in [0.2, 0.25) is 0 Å². The van der Waals surface area contributed by atoms with Crippen molar-refractivity contribution in [2.45, 2.75) is 58.4 Å². The Hall–Kier alpha value is -1.02. The van der Waals surface area contributed by atoms with Gasteiger partial charge in [-0.2, -0.15) is 0 Å². The third kappa shape index (κ3) is 5.54. The van der Waals surface area contributed by atoms with E-state index >= 15 is 0 Å². The zero-order chi connectivity index (χ0) is 13.2. The van der Waals surface area contributed by atoms with Gasteiger partial charge in [-0.3, -0.25) is 0 Å². The third-order valence-corrected chi connectivity index (χ3v) is 3.38. The van der Waals surface area contributed by atoms with E-state index < -0.39 is 0 Å². The van der Waals surface area contributed by atoms with Crippen molar-refractivity contribution in [3.63, 3.8) is 0 Å². The first-order valence-corrected chi connectivity index (χ1v) is 7.21. The molecule has 0 fully saturated rings. The molecule has 0 aliphatic carbocycles. The monoisotopic (exact) mass is 249 g/mol. The fourth-order valence-electron chi connectivity index (χ4n) is 2.16. The molecule has 0 spiro atoms. The number of unbranched alkanes of at least 4 members (excludes halogenated alkanes) is 4. The van der Waals surface area contributed by atoms with Crippen LogP contribution in [0.4, 0.5) is 5.69 Å². The minimum atomic E-state index is 0.188. The molecule has 1 unspecified atom stereocenters. The number of hydrogen-bond donors (Lipinski definition) is 2. The highest BCUT2D eigenvalue weighted by Gasteiger charge is 2.07. The normalized spacial score (nSPS) is 12.4. The van der Waals surface area contributed by atoms with Gasteiger partial charge in [-0.15, -0.1) is 0 Å². The molecule has 2 nitrogen and oxygen atoms in total. The van der Waals surface area contributed by atoms with Crippen molar-refractivity contribution >= 4 is 5.69 Å². The number of rotatable bonds is 9. The second kappa shape index (κ2) is 8.98. The van der Waals surface area contributed by atoms with Crippen molar-refractivity contribution in [2.75, 3.05) is 11.9 Å². The highest BCUT2D eigenvalue weighted by molar-refractivity contribution is 5.50. The fraction of sp³-hybridized carbons (Fsp3) is 0.625.